The summed E-state index contributed by atoms with van der Waals surface area (Å²) in [7, 11) is 0. The first-order chi connectivity index (χ1) is 11.6. The Morgan fingerprint density at radius 3 is 2.24 bits per heavy atom. The number of carboxylic acids is 1. The summed E-state index contributed by atoms with van der Waals surface area (Å²) in [6.45, 7) is 0.109. The van der Waals surface area contributed by atoms with Gasteiger partial charge in [-0.3, -0.25) is 14.8 Å². The smallest absolute Gasteiger partial charge is 0.341 e. The molecule has 0 aromatic rings. The van der Waals surface area contributed by atoms with Crippen molar-refractivity contribution in [3.8, 4) is 0 Å². The number of guanidine groups is 2. The normalized spacial score (nSPS) is 14.0. The Morgan fingerprint density at radius 2 is 1.72 bits per heavy atom. The lowest BCUT2D eigenvalue weighted by Gasteiger charge is -2.18. The second kappa shape index (κ2) is 11.8. The van der Waals surface area contributed by atoms with Gasteiger partial charge in [0.25, 0.3) is 0 Å². The summed E-state index contributed by atoms with van der Waals surface area (Å²) in [4.78, 5) is 34.8. The minimum Gasteiger partial charge on any atom is -0.480 e. The van der Waals surface area contributed by atoms with Crippen molar-refractivity contribution in [3.05, 3.63) is 0 Å². The van der Waals surface area contributed by atoms with Crippen molar-refractivity contribution >= 4 is 23.9 Å². The number of rotatable bonds is 12. The first kappa shape index (κ1) is 22.4. The lowest BCUT2D eigenvalue weighted by atomic mass is 10.1. The molecule has 0 rings (SSSR count). The fraction of sp³-hybridized carbons (Fsp3) is 0.667. The van der Waals surface area contributed by atoms with E-state index in [1.165, 1.54) is 0 Å². The van der Waals surface area contributed by atoms with Gasteiger partial charge in [0.2, 0.25) is 0 Å². The first-order valence-corrected chi connectivity index (χ1v) is 7.37. The van der Waals surface area contributed by atoms with Crippen molar-refractivity contribution in [1.29, 1.82) is 0 Å². The van der Waals surface area contributed by atoms with E-state index in [4.69, 9.17) is 33.8 Å². The Morgan fingerprint density at radius 1 is 1.12 bits per heavy atom. The number of nitrogens with zero attached hydrogens (tertiary/aromatic N) is 2. The van der Waals surface area contributed by atoms with Crippen LogP contribution in [0, 0.1) is 0 Å². The van der Waals surface area contributed by atoms with Crippen molar-refractivity contribution in [3.63, 3.8) is 0 Å². The third-order valence-corrected chi connectivity index (χ3v) is 2.86. The predicted octanol–water partition coefficient (Wildman–Crippen LogP) is -4.11. The molecule has 3 atom stereocenters. The molecule has 0 fully saturated rings. The summed E-state index contributed by atoms with van der Waals surface area (Å²) >= 11 is 0. The second-order valence-corrected chi connectivity index (χ2v) is 5.14. The van der Waals surface area contributed by atoms with Gasteiger partial charge in [0.05, 0.1) is 12.6 Å². The van der Waals surface area contributed by atoms with E-state index < -0.39 is 30.1 Å². The highest BCUT2D eigenvalue weighted by Gasteiger charge is 2.24. The number of carboxylic acid groups (broad SMARTS) is 1. The molecular formula is C12H26N8O5. The number of hydrogen-bond donors (Lipinski definition) is 8. The molecule has 13 heteroatoms. The Hall–Kier alpha value is -2.64. The van der Waals surface area contributed by atoms with Crippen molar-refractivity contribution in [1.82, 2.24) is 5.48 Å². The number of nitrogens with one attached hydrogen (secondary N) is 1. The van der Waals surface area contributed by atoms with Gasteiger partial charge in [0.15, 0.2) is 11.9 Å². The van der Waals surface area contributed by atoms with Crippen LogP contribution in [0.3, 0.4) is 0 Å². The molecule has 0 aliphatic heterocycles. The average Bonchev–Trinajstić information content (AvgIpc) is 2.52. The van der Waals surface area contributed by atoms with E-state index in [2.05, 4.69) is 20.3 Å². The SMILES string of the molecule is NC(N)=NCCC[C@H](N)C(=O)ON[C@@H](CC(O)CN=C(N)N)C(=O)O. The summed E-state index contributed by atoms with van der Waals surface area (Å²) in [6, 6.07) is -2.34. The summed E-state index contributed by atoms with van der Waals surface area (Å²) in [5, 5.41) is 18.7. The average molecular weight is 362 g/mol. The lowest BCUT2D eigenvalue weighted by Crippen LogP contribution is -2.44. The lowest BCUT2D eigenvalue weighted by molar-refractivity contribution is -0.160. The minimum absolute atomic E-state index is 0.0681. The van der Waals surface area contributed by atoms with E-state index in [-0.39, 0.29) is 31.3 Å². The van der Waals surface area contributed by atoms with Crippen LogP contribution in [-0.2, 0) is 14.4 Å². The van der Waals surface area contributed by atoms with E-state index in [1.54, 1.807) is 0 Å². The van der Waals surface area contributed by atoms with Gasteiger partial charge in [-0.1, -0.05) is 0 Å². The fourth-order valence-electron chi connectivity index (χ4n) is 1.60. The zero-order valence-corrected chi connectivity index (χ0v) is 13.7. The number of aliphatic hydroxyl groups excluding tert-OH is 1. The third-order valence-electron chi connectivity index (χ3n) is 2.86. The Labute approximate surface area is 144 Å². The van der Waals surface area contributed by atoms with E-state index in [0.717, 1.165) is 0 Å². The van der Waals surface area contributed by atoms with Crippen LogP contribution in [-0.4, -0.2) is 65.3 Å². The van der Waals surface area contributed by atoms with Crippen LogP contribution in [0.5, 0.6) is 0 Å². The maximum absolute atomic E-state index is 11.7. The van der Waals surface area contributed by atoms with E-state index >= 15 is 0 Å². The van der Waals surface area contributed by atoms with Crippen molar-refractivity contribution in [2.24, 2.45) is 38.7 Å². The largest absolute Gasteiger partial charge is 0.480 e. The highest BCUT2D eigenvalue weighted by Crippen LogP contribution is 2.02. The summed E-state index contributed by atoms with van der Waals surface area (Å²) < 4.78 is 0. The molecule has 0 aromatic carbocycles. The van der Waals surface area contributed by atoms with Crippen LogP contribution in [0.4, 0.5) is 0 Å². The molecule has 0 radical (unpaired) electrons. The maximum Gasteiger partial charge on any atom is 0.341 e. The minimum atomic E-state index is -1.36. The van der Waals surface area contributed by atoms with Gasteiger partial charge in [-0.25, -0.2) is 4.79 Å². The molecule has 144 valence electrons. The predicted molar refractivity (Wildman–Crippen MR) is 89.8 cm³/mol. The van der Waals surface area contributed by atoms with Crippen LogP contribution in [0.15, 0.2) is 9.98 Å². The standard InChI is InChI=1S/C12H26N8O5/c13-7(2-1-3-18-11(14)15)10(24)25-20-8(9(22)23)4-6(21)5-19-12(16)17/h6-8,20-21H,1-5,13H2,(H,22,23)(H4,14,15,18)(H4,16,17,19)/t6?,7-,8-/m0/s1. The molecule has 0 saturated heterocycles. The monoisotopic (exact) mass is 362 g/mol. The summed E-state index contributed by atoms with van der Waals surface area (Å²) in [5.41, 5.74) is 28.2. The Bertz CT molecular complexity index is 490. The molecule has 13 N–H and O–H groups in total. The fourth-order valence-corrected chi connectivity index (χ4v) is 1.60. The molecule has 25 heavy (non-hydrogen) atoms. The zero-order valence-electron chi connectivity index (χ0n) is 13.7. The molecule has 0 saturated carbocycles. The number of hydrogen-bond acceptors (Lipinski definition) is 8. The van der Waals surface area contributed by atoms with Crippen LogP contribution in [0.25, 0.3) is 0 Å². The number of aliphatic carboxylic acids is 1. The van der Waals surface area contributed by atoms with Gasteiger partial charge in [0, 0.05) is 13.0 Å². The number of aliphatic hydroxyl groups is 1. The summed E-state index contributed by atoms with van der Waals surface area (Å²) in [6.07, 6.45) is -0.766. The number of hydroxylamine groups is 1. The van der Waals surface area contributed by atoms with Crippen LogP contribution >= 0.6 is 0 Å². The molecule has 0 amide bonds. The van der Waals surface area contributed by atoms with E-state index in [0.29, 0.717) is 13.0 Å². The van der Waals surface area contributed by atoms with Crippen molar-refractivity contribution < 1.29 is 24.6 Å². The van der Waals surface area contributed by atoms with E-state index in [1.807, 2.05) is 0 Å². The number of aliphatic imine (C=N–C) groups is 2. The number of nitrogens with two attached hydrogens (primary N) is 5. The number of carbonyl (C=O) groups excluding carboxylic acids is 1. The van der Waals surface area contributed by atoms with Gasteiger partial charge >= 0.3 is 11.9 Å². The molecule has 0 aromatic heterocycles. The Balaban J connectivity index is 4.31. The molecule has 0 heterocycles. The first-order valence-electron chi connectivity index (χ1n) is 7.37. The molecular weight excluding hydrogens is 336 g/mol. The molecule has 0 aliphatic rings. The molecule has 13 nitrogen and oxygen atoms in total. The zero-order chi connectivity index (χ0) is 19.4. The van der Waals surface area contributed by atoms with Crippen molar-refractivity contribution in [2.75, 3.05) is 13.1 Å². The van der Waals surface area contributed by atoms with Gasteiger partial charge in [0.1, 0.15) is 12.1 Å². The summed E-state index contributed by atoms with van der Waals surface area (Å²) in [5.74, 6) is -2.49. The number of carbonyl (C=O) groups is 2. The van der Waals surface area contributed by atoms with Crippen molar-refractivity contribution in [2.45, 2.75) is 37.5 Å². The quantitative estimate of drug-likeness (QED) is 0.0716. The molecule has 0 aliphatic carbocycles. The molecule has 0 bridgehead atoms. The van der Waals surface area contributed by atoms with Gasteiger partial charge in [-0.15, -0.1) is 5.48 Å². The topological polar surface area (TPSA) is 251 Å². The second-order valence-electron chi connectivity index (χ2n) is 5.14. The highest BCUT2D eigenvalue weighted by atomic mass is 16.7. The maximum atomic E-state index is 11.7. The van der Waals surface area contributed by atoms with Crippen LogP contribution < -0.4 is 34.1 Å². The van der Waals surface area contributed by atoms with E-state index in [9.17, 15) is 14.7 Å². The van der Waals surface area contributed by atoms with Gasteiger partial charge in [-0.2, -0.15) is 0 Å². The van der Waals surface area contributed by atoms with Crippen LogP contribution in [0.2, 0.25) is 0 Å². The molecule has 0 spiro atoms. The third kappa shape index (κ3) is 11.5. The van der Waals surface area contributed by atoms with Crippen LogP contribution in [0.1, 0.15) is 19.3 Å². The molecule has 1 unspecified atom stereocenters. The van der Waals surface area contributed by atoms with Gasteiger partial charge in [-0.05, 0) is 12.8 Å². The van der Waals surface area contributed by atoms with Gasteiger partial charge < -0.3 is 43.7 Å². The Kier molecular flexibility index (Phi) is 10.6. The highest BCUT2D eigenvalue weighted by molar-refractivity contribution is 5.77.